The number of fused-ring (bicyclic) bond motifs is 2. The van der Waals surface area contributed by atoms with Crippen molar-refractivity contribution in [3.63, 3.8) is 0 Å². The minimum Gasteiger partial charge on any atom is -0.454 e. The van der Waals surface area contributed by atoms with E-state index in [0.29, 0.717) is 49.5 Å². The van der Waals surface area contributed by atoms with Crippen LogP contribution in [-0.2, 0) is 4.79 Å². The van der Waals surface area contributed by atoms with E-state index in [-0.39, 0.29) is 24.0 Å². The number of nitrogens with one attached hydrogen (secondary N) is 2. The number of benzene rings is 4. The Kier molecular flexibility index (Phi) is 8.00. The number of nitrogens with zero attached hydrogens (tertiary/aromatic N) is 2. The van der Waals surface area contributed by atoms with Crippen LogP contribution in [0, 0.1) is 6.92 Å². The number of aromatic nitrogens is 2. The van der Waals surface area contributed by atoms with Crippen molar-refractivity contribution in [3.8, 4) is 27.6 Å². The van der Waals surface area contributed by atoms with E-state index in [1.807, 2.05) is 67.6 Å². The third kappa shape index (κ3) is 5.73. The highest BCUT2D eigenvalue weighted by Crippen LogP contribution is 2.37. The average molecular weight is 647 g/mol. The Bertz CT molecular complexity index is 2160. The summed E-state index contributed by atoms with van der Waals surface area (Å²) in [6.45, 7) is 2.08. The smallest absolute Gasteiger partial charge is 0.267 e. The van der Waals surface area contributed by atoms with Crippen LogP contribution in [0.25, 0.3) is 26.3 Å². The van der Waals surface area contributed by atoms with Gasteiger partial charge in [-0.25, -0.2) is 4.98 Å². The molecule has 7 rings (SSSR count). The zero-order valence-corrected chi connectivity index (χ0v) is 26.1. The number of hydrogen-bond donors (Lipinski definition) is 2. The largest absolute Gasteiger partial charge is 0.454 e. The Labute approximate surface area is 271 Å². The molecule has 1 aliphatic rings. The van der Waals surface area contributed by atoms with Crippen LogP contribution in [0.1, 0.15) is 15.9 Å². The predicted molar refractivity (Wildman–Crippen MR) is 182 cm³/mol. The molecule has 0 radical (unpaired) electrons. The molecule has 46 heavy (non-hydrogen) atoms. The van der Waals surface area contributed by atoms with E-state index >= 15 is 0 Å². The number of thioether (sulfide) groups is 1. The van der Waals surface area contributed by atoms with Crippen molar-refractivity contribution >= 4 is 56.5 Å². The molecule has 0 aliphatic carbocycles. The van der Waals surface area contributed by atoms with Crippen molar-refractivity contribution in [1.82, 2.24) is 9.55 Å². The highest BCUT2D eigenvalue weighted by atomic mass is 32.2. The predicted octanol–water partition coefficient (Wildman–Crippen LogP) is 7.13. The van der Waals surface area contributed by atoms with Gasteiger partial charge in [-0.3, -0.25) is 19.0 Å². The molecule has 4 aromatic carbocycles. The van der Waals surface area contributed by atoms with Crippen LogP contribution in [0.4, 0.5) is 11.4 Å². The zero-order chi connectivity index (χ0) is 31.6. The average Bonchev–Trinajstić information content (AvgIpc) is 3.68. The molecule has 0 spiro atoms. The number of aryl methyl sites for hydroxylation is 1. The SMILES string of the molecule is Cc1c(-c2ccccc2)sc2nc(SCC(=O)Nc3ccccc3C(=O)Nc3ccc4c(c3)OCO4)n(-c3ccccc3)c(=O)c12. The maximum absolute atomic E-state index is 14.0. The molecule has 0 bridgehead atoms. The van der Waals surface area contributed by atoms with E-state index in [1.54, 1.807) is 47.0 Å². The van der Waals surface area contributed by atoms with Gasteiger partial charge in [-0.15, -0.1) is 11.3 Å². The quantitative estimate of drug-likeness (QED) is 0.134. The molecule has 6 aromatic rings. The second kappa shape index (κ2) is 12.5. The zero-order valence-electron chi connectivity index (χ0n) is 24.5. The highest BCUT2D eigenvalue weighted by Gasteiger charge is 2.22. The van der Waals surface area contributed by atoms with Crippen molar-refractivity contribution in [3.05, 3.63) is 125 Å². The molecule has 11 heteroatoms. The number of carbonyl (C=O) groups is 2. The number of anilines is 2. The lowest BCUT2D eigenvalue weighted by atomic mass is 10.1. The fourth-order valence-electron chi connectivity index (χ4n) is 5.21. The first-order valence-corrected chi connectivity index (χ1v) is 16.2. The van der Waals surface area contributed by atoms with Gasteiger partial charge in [-0.05, 0) is 54.4 Å². The van der Waals surface area contributed by atoms with Crippen molar-refractivity contribution in [2.45, 2.75) is 12.1 Å². The third-order valence-corrected chi connectivity index (χ3v) is 9.57. The molecule has 3 heterocycles. The van der Waals surface area contributed by atoms with Crippen LogP contribution >= 0.6 is 23.1 Å². The number of para-hydroxylation sites is 2. The standard InChI is InChI=1S/C35H26N4O5S2/c1-21-30-33(46-31(21)22-10-4-2-5-11-22)38-35(39(34(30)42)24-12-6-3-7-13-24)45-19-29(40)37-26-15-9-8-14-25(26)32(41)36-23-16-17-27-28(18-23)44-20-43-27/h2-18H,19-20H2,1H3,(H,36,41)(H,37,40). The topological polar surface area (TPSA) is 112 Å². The highest BCUT2D eigenvalue weighted by molar-refractivity contribution is 7.99. The maximum Gasteiger partial charge on any atom is 0.267 e. The minimum absolute atomic E-state index is 0.0429. The molecule has 0 saturated carbocycles. The summed E-state index contributed by atoms with van der Waals surface area (Å²) in [5, 5.41) is 6.66. The Morgan fingerprint density at radius 1 is 0.891 bits per heavy atom. The van der Waals surface area contributed by atoms with E-state index in [2.05, 4.69) is 10.6 Å². The van der Waals surface area contributed by atoms with Crippen LogP contribution in [-0.4, -0.2) is 33.9 Å². The van der Waals surface area contributed by atoms with Crippen molar-refractivity contribution in [2.24, 2.45) is 0 Å². The Morgan fingerprint density at radius 2 is 1.61 bits per heavy atom. The van der Waals surface area contributed by atoms with Crippen molar-refractivity contribution in [1.29, 1.82) is 0 Å². The summed E-state index contributed by atoms with van der Waals surface area (Å²) in [4.78, 5) is 47.0. The fraction of sp³-hybridized carbons (Fsp3) is 0.0857. The van der Waals surface area contributed by atoms with Crippen molar-refractivity contribution < 1.29 is 19.1 Å². The number of hydrogen-bond acceptors (Lipinski definition) is 8. The monoisotopic (exact) mass is 646 g/mol. The van der Waals surface area contributed by atoms with Gasteiger partial charge < -0.3 is 20.1 Å². The molecule has 0 fully saturated rings. The summed E-state index contributed by atoms with van der Waals surface area (Å²) in [5.74, 6) is 0.370. The number of rotatable bonds is 8. The van der Waals surface area contributed by atoms with Crippen molar-refractivity contribution in [2.75, 3.05) is 23.2 Å². The van der Waals surface area contributed by atoms with Gasteiger partial charge in [-0.2, -0.15) is 0 Å². The number of amides is 2. The second-order valence-electron chi connectivity index (χ2n) is 10.4. The van der Waals surface area contributed by atoms with Gasteiger partial charge in [-0.1, -0.05) is 72.4 Å². The first-order valence-electron chi connectivity index (χ1n) is 14.4. The molecular weight excluding hydrogens is 621 g/mol. The fourth-order valence-corrected chi connectivity index (χ4v) is 7.25. The second-order valence-corrected chi connectivity index (χ2v) is 12.3. The Balaban J connectivity index is 1.14. The van der Waals surface area contributed by atoms with Crippen LogP contribution in [0.15, 0.2) is 113 Å². The third-order valence-electron chi connectivity index (χ3n) is 7.39. The lowest BCUT2D eigenvalue weighted by molar-refractivity contribution is -0.113. The van der Waals surface area contributed by atoms with E-state index in [0.717, 1.165) is 27.8 Å². The van der Waals surface area contributed by atoms with Gasteiger partial charge in [0.25, 0.3) is 11.5 Å². The van der Waals surface area contributed by atoms with E-state index in [1.165, 1.54) is 11.3 Å². The van der Waals surface area contributed by atoms with Crippen LogP contribution < -0.4 is 25.7 Å². The molecule has 0 atom stereocenters. The Morgan fingerprint density at radius 3 is 2.41 bits per heavy atom. The molecule has 0 unspecified atom stereocenters. The molecule has 9 nitrogen and oxygen atoms in total. The summed E-state index contributed by atoms with van der Waals surface area (Å²) >= 11 is 2.62. The molecular formula is C35H26N4O5S2. The summed E-state index contributed by atoms with van der Waals surface area (Å²) in [7, 11) is 0. The van der Waals surface area contributed by atoms with Gasteiger partial charge in [0.1, 0.15) is 4.83 Å². The Hall–Kier alpha value is -5.39. The lowest BCUT2D eigenvalue weighted by Gasteiger charge is -2.13. The van der Waals surface area contributed by atoms with Gasteiger partial charge in [0.15, 0.2) is 16.7 Å². The normalized spacial score (nSPS) is 11.8. The van der Waals surface area contributed by atoms with Gasteiger partial charge in [0.2, 0.25) is 12.7 Å². The van der Waals surface area contributed by atoms with Gasteiger partial charge in [0.05, 0.1) is 28.1 Å². The first-order chi connectivity index (χ1) is 22.5. The van der Waals surface area contributed by atoms with Crippen LogP contribution in [0.2, 0.25) is 0 Å². The summed E-state index contributed by atoms with van der Waals surface area (Å²) < 4.78 is 12.3. The minimum atomic E-state index is -0.394. The summed E-state index contributed by atoms with van der Waals surface area (Å²) in [5.41, 5.74) is 3.54. The molecule has 1 aliphatic heterocycles. The molecule has 2 N–H and O–H groups in total. The van der Waals surface area contributed by atoms with Gasteiger partial charge in [0, 0.05) is 16.6 Å². The van der Waals surface area contributed by atoms with Crippen LogP contribution in [0.3, 0.4) is 0 Å². The molecule has 0 saturated heterocycles. The first kappa shape index (κ1) is 29.3. The summed E-state index contributed by atoms with van der Waals surface area (Å²) in [6, 6.07) is 31.1. The van der Waals surface area contributed by atoms with E-state index in [4.69, 9.17) is 14.5 Å². The molecule has 2 aromatic heterocycles. The van der Waals surface area contributed by atoms with E-state index in [9.17, 15) is 14.4 Å². The number of carbonyl (C=O) groups excluding carboxylic acids is 2. The van der Waals surface area contributed by atoms with Gasteiger partial charge >= 0.3 is 0 Å². The molecule has 2 amide bonds. The number of ether oxygens (including phenoxy) is 2. The number of thiophene rings is 1. The lowest BCUT2D eigenvalue weighted by Crippen LogP contribution is -2.23. The van der Waals surface area contributed by atoms with Crippen LogP contribution in [0.5, 0.6) is 11.5 Å². The van der Waals surface area contributed by atoms with E-state index < -0.39 is 5.91 Å². The molecule has 228 valence electrons. The summed E-state index contributed by atoms with van der Waals surface area (Å²) in [6.07, 6.45) is 0. The maximum atomic E-state index is 14.0.